The van der Waals surface area contributed by atoms with Crippen molar-refractivity contribution in [3.05, 3.63) is 29.6 Å². The summed E-state index contributed by atoms with van der Waals surface area (Å²) >= 11 is 4.34. The normalized spacial score (nSPS) is 10.8. The molecule has 0 aliphatic heterocycles. The van der Waals surface area contributed by atoms with Gasteiger partial charge in [0.15, 0.2) is 8.68 Å². The molecule has 0 bridgehead atoms. The monoisotopic (exact) mass is 288 g/mol. The van der Waals surface area contributed by atoms with Gasteiger partial charge in [-0.25, -0.2) is 4.39 Å². The van der Waals surface area contributed by atoms with E-state index in [-0.39, 0.29) is 12.4 Å². The number of aliphatic hydroxyl groups excluding tert-OH is 1. The van der Waals surface area contributed by atoms with Gasteiger partial charge in [0.2, 0.25) is 0 Å². The van der Waals surface area contributed by atoms with Crippen molar-refractivity contribution < 1.29 is 9.50 Å². The zero-order valence-electron chi connectivity index (χ0n) is 8.88. The Bertz CT molecular complexity index is 518. The second-order valence-corrected chi connectivity index (χ2v) is 6.44. The van der Waals surface area contributed by atoms with Gasteiger partial charge in [-0.15, -0.1) is 10.2 Å². The number of aliphatic hydroxyl groups is 1. The van der Waals surface area contributed by atoms with Gasteiger partial charge in [0.1, 0.15) is 5.82 Å². The zero-order chi connectivity index (χ0) is 12.3. The van der Waals surface area contributed by atoms with Crippen LogP contribution in [-0.4, -0.2) is 21.6 Å². The van der Waals surface area contributed by atoms with Crippen molar-refractivity contribution in [2.45, 2.75) is 20.2 Å². The van der Waals surface area contributed by atoms with Crippen molar-refractivity contribution in [1.82, 2.24) is 10.2 Å². The number of hydrogen-bond donors (Lipinski definition) is 1. The van der Waals surface area contributed by atoms with Crippen molar-refractivity contribution in [3.63, 3.8) is 0 Å². The lowest BCUT2D eigenvalue weighted by molar-refractivity contribution is 0.281. The van der Waals surface area contributed by atoms with Crippen LogP contribution in [0.2, 0.25) is 0 Å². The fourth-order valence-electron chi connectivity index (χ4n) is 1.19. The Morgan fingerprint density at radius 3 is 2.71 bits per heavy atom. The smallest absolute Gasteiger partial charge is 0.179 e. The number of nitrogens with zero attached hydrogens (tertiary/aromatic N) is 2. The van der Waals surface area contributed by atoms with E-state index in [0.29, 0.717) is 5.56 Å². The van der Waals surface area contributed by atoms with Crippen LogP contribution in [0.15, 0.2) is 31.8 Å². The first-order valence-electron chi connectivity index (χ1n) is 4.67. The predicted octanol–water partition coefficient (Wildman–Crippen LogP) is 3.04. The first kappa shape index (κ1) is 12.8. The third-order valence-electron chi connectivity index (χ3n) is 1.88. The van der Waals surface area contributed by atoms with Crippen molar-refractivity contribution in [2.24, 2.45) is 0 Å². The van der Waals surface area contributed by atoms with E-state index in [1.165, 1.54) is 47.0 Å². The molecule has 1 heterocycles. The molecule has 1 N–H and O–H groups in total. The number of rotatable bonds is 4. The van der Waals surface area contributed by atoms with Gasteiger partial charge in [-0.05, 0) is 30.0 Å². The third kappa shape index (κ3) is 3.41. The molecule has 1 aromatic heterocycles. The van der Waals surface area contributed by atoms with E-state index in [9.17, 15) is 4.39 Å². The predicted molar refractivity (Wildman–Crippen MR) is 68.1 cm³/mol. The summed E-state index contributed by atoms with van der Waals surface area (Å²) in [6.07, 6.45) is 1.93. The average Bonchev–Trinajstić information content (AvgIpc) is 2.76. The van der Waals surface area contributed by atoms with Crippen LogP contribution in [0.5, 0.6) is 0 Å². The van der Waals surface area contributed by atoms with Crippen molar-refractivity contribution in [1.29, 1.82) is 0 Å². The lowest BCUT2D eigenvalue weighted by Crippen LogP contribution is -1.86. The summed E-state index contributed by atoms with van der Waals surface area (Å²) in [5, 5.41) is 16.9. The second kappa shape index (κ2) is 5.81. The minimum absolute atomic E-state index is 0.169. The second-order valence-electron chi connectivity index (χ2n) is 3.09. The Balaban J connectivity index is 2.20. The number of aromatic nitrogens is 2. The fourth-order valence-corrected chi connectivity index (χ4v) is 3.71. The molecule has 90 valence electrons. The largest absolute Gasteiger partial charge is 0.392 e. The minimum Gasteiger partial charge on any atom is -0.392 e. The summed E-state index contributed by atoms with van der Waals surface area (Å²) in [5.74, 6) is -0.353. The number of hydrogen-bond acceptors (Lipinski definition) is 6. The van der Waals surface area contributed by atoms with Crippen LogP contribution in [0.4, 0.5) is 4.39 Å². The van der Waals surface area contributed by atoms with Gasteiger partial charge in [-0.2, -0.15) is 0 Å². The van der Waals surface area contributed by atoms with Gasteiger partial charge in [0.05, 0.1) is 6.61 Å². The maximum absolute atomic E-state index is 13.2. The minimum atomic E-state index is -0.353. The lowest BCUT2D eigenvalue weighted by atomic mass is 10.2. The van der Waals surface area contributed by atoms with Crippen molar-refractivity contribution in [3.8, 4) is 0 Å². The Labute approximate surface area is 110 Å². The molecule has 0 spiro atoms. The molecule has 7 heteroatoms. The van der Waals surface area contributed by atoms with E-state index in [1.54, 1.807) is 6.07 Å². The summed E-state index contributed by atoms with van der Waals surface area (Å²) in [6, 6.07) is 4.48. The van der Waals surface area contributed by atoms with Crippen LogP contribution in [0, 0.1) is 5.82 Å². The molecule has 0 atom stereocenters. The molecule has 0 aliphatic rings. The summed E-state index contributed by atoms with van der Waals surface area (Å²) in [5.41, 5.74) is 0.558. The Hall–Kier alpha value is -0.630. The Morgan fingerprint density at radius 2 is 2.06 bits per heavy atom. The Kier molecular flexibility index (Phi) is 4.38. The van der Waals surface area contributed by atoms with Crippen LogP contribution in [-0.2, 0) is 6.61 Å². The SMILES string of the molecule is CSc1nnc(Sc2cc(F)cc(CO)c2)s1. The third-order valence-corrected chi connectivity index (χ3v) is 4.80. The summed E-state index contributed by atoms with van der Waals surface area (Å²) < 4.78 is 14.9. The highest BCUT2D eigenvalue weighted by Crippen LogP contribution is 2.33. The summed E-state index contributed by atoms with van der Waals surface area (Å²) in [6.45, 7) is -0.169. The van der Waals surface area contributed by atoms with Crippen molar-refractivity contribution >= 4 is 34.9 Å². The fraction of sp³-hybridized carbons (Fsp3) is 0.200. The van der Waals surface area contributed by atoms with Crippen LogP contribution in [0.25, 0.3) is 0 Å². The molecule has 0 saturated heterocycles. The highest BCUT2D eigenvalue weighted by molar-refractivity contribution is 8.03. The molecule has 2 rings (SSSR count). The van der Waals surface area contributed by atoms with Crippen LogP contribution >= 0.6 is 34.9 Å². The van der Waals surface area contributed by atoms with E-state index in [0.717, 1.165) is 13.6 Å². The molecule has 0 unspecified atom stereocenters. The van der Waals surface area contributed by atoms with Gasteiger partial charge < -0.3 is 5.11 Å². The molecule has 0 aliphatic carbocycles. The quantitative estimate of drug-likeness (QED) is 0.876. The molecule has 0 saturated carbocycles. The van der Waals surface area contributed by atoms with E-state index < -0.39 is 0 Å². The number of thioether (sulfide) groups is 1. The first-order valence-corrected chi connectivity index (χ1v) is 7.52. The number of halogens is 1. The van der Waals surface area contributed by atoms with Crippen molar-refractivity contribution in [2.75, 3.05) is 6.26 Å². The van der Waals surface area contributed by atoms with Crippen LogP contribution in [0.3, 0.4) is 0 Å². The lowest BCUT2D eigenvalue weighted by Gasteiger charge is -2.01. The molecular formula is C10H9FN2OS3. The Morgan fingerprint density at radius 1 is 1.29 bits per heavy atom. The van der Waals surface area contributed by atoms with Gasteiger partial charge in [-0.1, -0.05) is 34.9 Å². The van der Waals surface area contributed by atoms with E-state index in [1.807, 2.05) is 6.26 Å². The summed E-state index contributed by atoms with van der Waals surface area (Å²) in [4.78, 5) is 0.720. The highest BCUT2D eigenvalue weighted by Gasteiger charge is 2.07. The summed E-state index contributed by atoms with van der Waals surface area (Å²) in [7, 11) is 0. The number of benzene rings is 1. The van der Waals surface area contributed by atoms with Gasteiger partial charge >= 0.3 is 0 Å². The maximum Gasteiger partial charge on any atom is 0.179 e. The van der Waals surface area contributed by atoms with Gasteiger partial charge in [-0.3, -0.25) is 0 Å². The molecular weight excluding hydrogens is 279 g/mol. The average molecular weight is 288 g/mol. The molecule has 0 fully saturated rings. The topological polar surface area (TPSA) is 46.0 Å². The maximum atomic E-state index is 13.2. The first-order chi connectivity index (χ1) is 8.21. The van der Waals surface area contributed by atoms with E-state index in [4.69, 9.17) is 5.11 Å². The van der Waals surface area contributed by atoms with Gasteiger partial charge in [0, 0.05) is 4.90 Å². The highest BCUT2D eigenvalue weighted by atomic mass is 32.2. The van der Waals surface area contributed by atoms with Gasteiger partial charge in [0.25, 0.3) is 0 Å². The van der Waals surface area contributed by atoms with E-state index in [2.05, 4.69) is 10.2 Å². The molecule has 1 aromatic carbocycles. The van der Waals surface area contributed by atoms with E-state index >= 15 is 0 Å². The standard InChI is InChI=1S/C10H9FN2OS3/c1-15-9-12-13-10(17-9)16-8-3-6(5-14)2-7(11)4-8/h2-4,14H,5H2,1H3. The van der Waals surface area contributed by atoms with Crippen LogP contribution in [0.1, 0.15) is 5.56 Å². The molecule has 0 amide bonds. The molecule has 3 nitrogen and oxygen atoms in total. The van der Waals surface area contributed by atoms with Crippen LogP contribution < -0.4 is 0 Å². The molecule has 17 heavy (non-hydrogen) atoms. The zero-order valence-corrected chi connectivity index (χ0v) is 11.3. The molecule has 0 radical (unpaired) electrons. The molecule has 2 aromatic rings.